The minimum atomic E-state index is -0.659. The fourth-order valence-electron chi connectivity index (χ4n) is 2.40. The van der Waals surface area contributed by atoms with E-state index in [0.717, 1.165) is 25.2 Å². The van der Waals surface area contributed by atoms with Gasteiger partial charge >= 0.3 is 0 Å². The smallest absolute Gasteiger partial charge is 0.294 e. The van der Waals surface area contributed by atoms with Crippen LogP contribution in [0.4, 0.5) is 15.8 Å². The zero-order valence-electron chi connectivity index (χ0n) is 11.2. The molecule has 1 aliphatic rings. The van der Waals surface area contributed by atoms with Crippen molar-refractivity contribution in [3.8, 4) is 0 Å². The lowest BCUT2D eigenvalue weighted by Gasteiger charge is -2.24. The summed E-state index contributed by atoms with van der Waals surface area (Å²) in [6, 6.07) is 2.37. The Labute approximate surface area is 121 Å². The third-order valence-electron chi connectivity index (χ3n) is 3.59. The first-order chi connectivity index (χ1) is 9.49. The van der Waals surface area contributed by atoms with E-state index in [1.54, 1.807) is 0 Å². The molecule has 110 valence electrons. The molecule has 1 unspecified atom stereocenters. The molecule has 7 heteroatoms. The van der Waals surface area contributed by atoms with Crippen molar-refractivity contribution in [1.82, 2.24) is 4.90 Å². The number of hydrogen-bond acceptors (Lipinski definition) is 4. The van der Waals surface area contributed by atoms with Gasteiger partial charge in [0, 0.05) is 24.7 Å². The number of rotatable bonds is 5. The molecule has 5 nitrogen and oxygen atoms in total. The Morgan fingerprint density at radius 1 is 1.50 bits per heavy atom. The van der Waals surface area contributed by atoms with Gasteiger partial charge in [-0.05, 0) is 32.9 Å². The van der Waals surface area contributed by atoms with E-state index in [2.05, 4.69) is 17.1 Å². The molecule has 1 fully saturated rings. The highest BCUT2D eigenvalue weighted by molar-refractivity contribution is 6.31. The molecular weight excluding hydrogens is 285 g/mol. The van der Waals surface area contributed by atoms with Gasteiger partial charge in [0.25, 0.3) is 5.69 Å². The van der Waals surface area contributed by atoms with Crippen molar-refractivity contribution in [1.29, 1.82) is 0 Å². The summed E-state index contributed by atoms with van der Waals surface area (Å²) in [5.74, 6) is -0.659. The van der Waals surface area contributed by atoms with E-state index in [-0.39, 0.29) is 22.4 Å². The van der Waals surface area contributed by atoms with Crippen molar-refractivity contribution in [3.63, 3.8) is 0 Å². The lowest BCUT2D eigenvalue weighted by atomic mass is 10.2. The number of nitro benzene ring substituents is 1. The van der Waals surface area contributed by atoms with E-state index >= 15 is 0 Å². The molecule has 1 aromatic carbocycles. The summed E-state index contributed by atoms with van der Waals surface area (Å²) in [7, 11) is 0. The summed E-state index contributed by atoms with van der Waals surface area (Å²) in [6.45, 7) is 4.66. The fraction of sp³-hybridized carbons (Fsp3) is 0.538. The second-order valence-corrected chi connectivity index (χ2v) is 5.42. The normalized spacial score (nSPS) is 17.1. The molecule has 0 aliphatic carbocycles. The molecule has 0 radical (unpaired) electrons. The van der Waals surface area contributed by atoms with Gasteiger partial charge in [0.1, 0.15) is 11.5 Å². The predicted octanol–water partition coefficient (Wildman–Crippen LogP) is 3.28. The van der Waals surface area contributed by atoms with Crippen molar-refractivity contribution in [2.24, 2.45) is 0 Å². The van der Waals surface area contributed by atoms with Crippen LogP contribution in [0.15, 0.2) is 12.1 Å². The number of likely N-dealkylation sites (tertiary alicyclic amines) is 1. The van der Waals surface area contributed by atoms with Crippen molar-refractivity contribution < 1.29 is 9.31 Å². The van der Waals surface area contributed by atoms with E-state index in [4.69, 9.17) is 11.6 Å². The molecule has 1 N–H and O–H groups in total. The van der Waals surface area contributed by atoms with Gasteiger partial charge in [-0.1, -0.05) is 11.6 Å². The topological polar surface area (TPSA) is 58.4 Å². The minimum Gasteiger partial charge on any atom is -0.378 e. The molecule has 2 rings (SSSR count). The number of hydrogen-bond donors (Lipinski definition) is 1. The molecule has 0 spiro atoms. The molecule has 0 saturated carbocycles. The van der Waals surface area contributed by atoms with E-state index in [1.165, 1.54) is 12.8 Å². The molecule has 1 aromatic rings. The number of nitrogens with zero attached hydrogens (tertiary/aromatic N) is 2. The van der Waals surface area contributed by atoms with Gasteiger partial charge in [0.15, 0.2) is 0 Å². The van der Waals surface area contributed by atoms with Gasteiger partial charge in [-0.3, -0.25) is 15.0 Å². The first-order valence-electron chi connectivity index (χ1n) is 6.60. The number of anilines is 1. The standard InChI is InChI=1S/C13H17ClFN3O2/c1-9(17-4-2-3-5-17)8-16-12-7-11(15)10(14)6-13(12)18(19)20/h6-7,9,16H,2-5,8H2,1H3. The lowest BCUT2D eigenvalue weighted by Crippen LogP contribution is -2.35. The molecule has 1 saturated heterocycles. The Morgan fingerprint density at radius 3 is 2.75 bits per heavy atom. The quantitative estimate of drug-likeness (QED) is 0.670. The van der Waals surface area contributed by atoms with E-state index in [1.807, 2.05) is 0 Å². The highest BCUT2D eigenvalue weighted by Crippen LogP contribution is 2.30. The maximum Gasteiger partial charge on any atom is 0.294 e. The average Bonchev–Trinajstić information content (AvgIpc) is 2.93. The second kappa shape index (κ2) is 6.37. The predicted molar refractivity (Wildman–Crippen MR) is 76.8 cm³/mol. The molecule has 1 aliphatic heterocycles. The van der Waals surface area contributed by atoms with Gasteiger partial charge in [0.2, 0.25) is 0 Å². The molecular formula is C13H17ClFN3O2. The highest BCUT2D eigenvalue weighted by atomic mass is 35.5. The first kappa shape index (κ1) is 15.0. The number of nitrogens with one attached hydrogen (secondary N) is 1. The zero-order valence-corrected chi connectivity index (χ0v) is 12.0. The van der Waals surface area contributed by atoms with Gasteiger partial charge in [-0.15, -0.1) is 0 Å². The third-order valence-corrected chi connectivity index (χ3v) is 3.88. The largest absolute Gasteiger partial charge is 0.378 e. The highest BCUT2D eigenvalue weighted by Gasteiger charge is 2.21. The first-order valence-corrected chi connectivity index (χ1v) is 6.98. The van der Waals surface area contributed by atoms with Gasteiger partial charge < -0.3 is 5.32 Å². The summed E-state index contributed by atoms with van der Waals surface area (Å²) in [6.07, 6.45) is 2.36. The van der Waals surface area contributed by atoms with Crippen LogP contribution in [0.3, 0.4) is 0 Å². The van der Waals surface area contributed by atoms with E-state index < -0.39 is 10.7 Å². The molecule has 20 heavy (non-hydrogen) atoms. The van der Waals surface area contributed by atoms with Crippen molar-refractivity contribution in [2.45, 2.75) is 25.8 Å². The zero-order chi connectivity index (χ0) is 14.7. The fourth-order valence-corrected chi connectivity index (χ4v) is 2.56. The van der Waals surface area contributed by atoms with E-state index in [9.17, 15) is 14.5 Å². The summed E-state index contributed by atoms with van der Waals surface area (Å²) >= 11 is 5.58. The van der Waals surface area contributed by atoms with Crippen molar-refractivity contribution in [3.05, 3.63) is 33.1 Å². The van der Waals surface area contributed by atoms with Gasteiger partial charge in [-0.2, -0.15) is 0 Å². The number of benzene rings is 1. The summed E-state index contributed by atoms with van der Waals surface area (Å²) in [5.41, 5.74) is -0.0343. The molecule has 1 atom stereocenters. The molecule has 0 amide bonds. The van der Waals surface area contributed by atoms with Crippen LogP contribution in [0.5, 0.6) is 0 Å². The summed E-state index contributed by atoms with van der Waals surface area (Å²) in [4.78, 5) is 12.7. The Kier molecular flexibility index (Phi) is 4.77. The Bertz CT molecular complexity index is 507. The SMILES string of the molecule is CC(CNc1cc(F)c(Cl)cc1[N+](=O)[O-])N1CCCC1. The lowest BCUT2D eigenvalue weighted by molar-refractivity contribution is -0.384. The van der Waals surface area contributed by atoms with Crippen LogP contribution in [-0.4, -0.2) is 35.5 Å². The van der Waals surface area contributed by atoms with Crippen LogP contribution in [0.2, 0.25) is 5.02 Å². The number of nitro groups is 1. The third kappa shape index (κ3) is 3.37. The van der Waals surface area contributed by atoms with Crippen LogP contribution in [0.1, 0.15) is 19.8 Å². The van der Waals surface area contributed by atoms with Gasteiger partial charge in [0.05, 0.1) is 9.95 Å². The Morgan fingerprint density at radius 2 is 2.15 bits per heavy atom. The summed E-state index contributed by atoms with van der Waals surface area (Å²) < 4.78 is 13.4. The monoisotopic (exact) mass is 301 g/mol. The van der Waals surface area contributed by atoms with Gasteiger partial charge in [-0.25, -0.2) is 4.39 Å². The molecule has 0 bridgehead atoms. The van der Waals surface area contributed by atoms with Crippen LogP contribution in [-0.2, 0) is 0 Å². The maximum absolute atomic E-state index is 13.4. The van der Waals surface area contributed by atoms with E-state index in [0.29, 0.717) is 6.54 Å². The van der Waals surface area contributed by atoms with Crippen LogP contribution in [0, 0.1) is 15.9 Å². The van der Waals surface area contributed by atoms with Crippen molar-refractivity contribution in [2.75, 3.05) is 25.0 Å². The van der Waals surface area contributed by atoms with Crippen LogP contribution < -0.4 is 5.32 Å². The van der Waals surface area contributed by atoms with Crippen LogP contribution in [0.25, 0.3) is 0 Å². The minimum absolute atomic E-state index is 0.169. The second-order valence-electron chi connectivity index (χ2n) is 5.01. The van der Waals surface area contributed by atoms with Crippen LogP contribution >= 0.6 is 11.6 Å². The Balaban J connectivity index is 2.08. The number of halogens is 2. The summed E-state index contributed by atoms with van der Waals surface area (Å²) in [5, 5.41) is 13.7. The maximum atomic E-state index is 13.4. The molecule has 0 aromatic heterocycles. The Hall–Kier alpha value is -1.40. The molecule has 1 heterocycles. The van der Waals surface area contributed by atoms with Crippen molar-refractivity contribution >= 4 is 23.0 Å². The average molecular weight is 302 g/mol.